The average molecular weight is 157 g/mol. The molecule has 0 heterocycles. The molecular formula is C8H19N3. The van der Waals surface area contributed by atoms with Gasteiger partial charge in [0.05, 0.1) is 6.54 Å². The summed E-state index contributed by atoms with van der Waals surface area (Å²) in [4.78, 5) is 2.08. The normalized spacial score (nSPS) is 13.5. The van der Waals surface area contributed by atoms with E-state index >= 15 is 0 Å². The van der Waals surface area contributed by atoms with Gasteiger partial charge >= 0.3 is 0 Å². The van der Waals surface area contributed by atoms with Crippen molar-refractivity contribution in [2.24, 2.45) is 11.7 Å². The van der Waals surface area contributed by atoms with E-state index in [0.717, 1.165) is 6.54 Å². The molecule has 0 aromatic rings. The summed E-state index contributed by atoms with van der Waals surface area (Å²) in [6.07, 6.45) is 1.18. The average Bonchev–Trinajstić information content (AvgIpc) is 1.85. The Morgan fingerprint density at radius 3 is 2.55 bits per heavy atom. The van der Waals surface area contributed by atoms with Crippen molar-refractivity contribution in [1.29, 1.82) is 5.41 Å². The van der Waals surface area contributed by atoms with E-state index in [1.165, 1.54) is 6.42 Å². The Balaban J connectivity index is 3.51. The van der Waals surface area contributed by atoms with Crippen LogP contribution in [0, 0.1) is 11.3 Å². The highest BCUT2D eigenvalue weighted by Crippen LogP contribution is 2.01. The van der Waals surface area contributed by atoms with Crippen molar-refractivity contribution in [1.82, 2.24) is 4.90 Å². The van der Waals surface area contributed by atoms with Crippen molar-refractivity contribution in [2.75, 3.05) is 20.1 Å². The minimum absolute atomic E-state index is 0.246. The van der Waals surface area contributed by atoms with Crippen LogP contribution in [-0.2, 0) is 0 Å². The van der Waals surface area contributed by atoms with Crippen LogP contribution < -0.4 is 5.73 Å². The van der Waals surface area contributed by atoms with Crippen LogP contribution in [-0.4, -0.2) is 30.9 Å². The second kappa shape index (κ2) is 5.13. The fourth-order valence-corrected chi connectivity index (χ4v) is 1.02. The number of hydrogen-bond acceptors (Lipinski definition) is 2. The molecule has 3 nitrogen and oxygen atoms in total. The first kappa shape index (κ1) is 10.4. The van der Waals surface area contributed by atoms with Gasteiger partial charge < -0.3 is 5.73 Å². The summed E-state index contributed by atoms with van der Waals surface area (Å²) in [6.45, 7) is 5.99. The van der Waals surface area contributed by atoms with E-state index in [9.17, 15) is 0 Å². The summed E-state index contributed by atoms with van der Waals surface area (Å²) in [7, 11) is 1.99. The monoisotopic (exact) mass is 157 g/mol. The molecular weight excluding hydrogens is 138 g/mol. The largest absolute Gasteiger partial charge is 0.387 e. The van der Waals surface area contributed by atoms with Gasteiger partial charge in [0.25, 0.3) is 0 Å². The smallest absolute Gasteiger partial charge is 0.105 e. The Morgan fingerprint density at radius 2 is 2.18 bits per heavy atom. The molecule has 0 aliphatic heterocycles. The van der Waals surface area contributed by atoms with Gasteiger partial charge in [-0.25, -0.2) is 0 Å². The molecule has 0 aromatic carbocycles. The Bertz CT molecular complexity index is 123. The van der Waals surface area contributed by atoms with Crippen LogP contribution >= 0.6 is 0 Å². The summed E-state index contributed by atoms with van der Waals surface area (Å²) >= 11 is 0. The maximum atomic E-state index is 7.06. The lowest BCUT2D eigenvalue weighted by atomic mass is 10.1. The lowest BCUT2D eigenvalue weighted by Crippen LogP contribution is -2.33. The zero-order chi connectivity index (χ0) is 8.85. The van der Waals surface area contributed by atoms with Crippen LogP contribution in [0.25, 0.3) is 0 Å². The predicted octanol–water partition coefficient (Wildman–Crippen LogP) is 0.900. The van der Waals surface area contributed by atoms with Crippen LogP contribution in [0.5, 0.6) is 0 Å². The molecule has 0 rings (SSSR count). The highest BCUT2D eigenvalue weighted by atomic mass is 15.1. The van der Waals surface area contributed by atoms with Gasteiger partial charge in [-0.1, -0.05) is 20.3 Å². The summed E-state index contributed by atoms with van der Waals surface area (Å²) < 4.78 is 0. The van der Waals surface area contributed by atoms with Crippen molar-refractivity contribution >= 4 is 5.84 Å². The summed E-state index contributed by atoms with van der Waals surface area (Å²) in [5, 5.41) is 7.06. The molecule has 0 spiro atoms. The number of amidine groups is 1. The fourth-order valence-electron chi connectivity index (χ4n) is 1.02. The third kappa shape index (κ3) is 5.85. The third-order valence-electron chi connectivity index (χ3n) is 1.76. The SMILES string of the molecule is CCC(C)CN(C)CC(=N)N. The van der Waals surface area contributed by atoms with Gasteiger partial charge in [-0.05, 0) is 13.0 Å². The minimum Gasteiger partial charge on any atom is -0.387 e. The van der Waals surface area contributed by atoms with Crippen molar-refractivity contribution in [3.05, 3.63) is 0 Å². The second-order valence-electron chi connectivity index (χ2n) is 3.24. The van der Waals surface area contributed by atoms with E-state index in [-0.39, 0.29) is 5.84 Å². The van der Waals surface area contributed by atoms with Crippen LogP contribution in [0.2, 0.25) is 0 Å². The molecule has 0 aliphatic carbocycles. The highest BCUT2D eigenvalue weighted by molar-refractivity contribution is 5.78. The van der Waals surface area contributed by atoms with E-state index in [4.69, 9.17) is 11.1 Å². The summed E-state index contributed by atoms with van der Waals surface area (Å²) in [5.41, 5.74) is 5.25. The molecule has 0 radical (unpaired) electrons. The predicted molar refractivity (Wildman–Crippen MR) is 48.9 cm³/mol. The van der Waals surface area contributed by atoms with Crippen molar-refractivity contribution in [2.45, 2.75) is 20.3 Å². The number of nitrogens with one attached hydrogen (secondary N) is 1. The van der Waals surface area contributed by atoms with Crippen molar-refractivity contribution in [3.8, 4) is 0 Å². The molecule has 0 aromatic heterocycles. The molecule has 0 aliphatic rings. The van der Waals surface area contributed by atoms with Gasteiger partial charge in [0.2, 0.25) is 0 Å². The molecule has 0 bridgehead atoms. The number of likely N-dealkylation sites (N-methyl/N-ethyl adjacent to an activating group) is 1. The van der Waals surface area contributed by atoms with Gasteiger partial charge in [0.15, 0.2) is 0 Å². The maximum absolute atomic E-state index is 7.06. The van der Waals surface area contributed by atoms with Gasteiger partial charge in [-0.3, -0.25) is 10.3 Å². The molecule has 11 heavy (non-hydrogen) atoms. The van der Waals surface area contributed by atoms with E-state index < -0.39 is 0 Å². The lowest BCUT2D eigenvalue weighted by Gasteiger charge is -2.19. The Kier molecular flexibility index (Phi) is 4.86. The zero-order valence-electron chi connectivity index (χ0n) is 7.72. The van der Waals surface area contributed by atoms with Crippen LogP contribution in [0.3, 0.4) is 0 Å². The van der Waals surface area contributed by atoms with Gasteiger partial charge in [0.1, 0.15) is 5.84 Å². The van der Waals surface area contributed by atoms with Gasteiger partial charge in [0, 0.05) is 6.54 Å². The van der Waals surface area contributed by atoms with Gasteiger partial charge in [-0.2, -0.15) is 0 Å². The first-order chi connectivity index (χ1) is 5.06. The second-order valence-corrected chi connectivity index (χ2v) is 3.24. The molecule has 0 amide bonds. The number of nitrogens with two attached hydrogens (primary N) is 1. The molecule has 1 atom stereocenters. The van der Waals surface area contributed by atoms with Crippen molar-refractivity contribution in [3.63, 3.8) is 0 Å². The Labute approximate surface area is 69.1 Å². The van der Waals surface area contributed by atoms with E-state index in [1.54, 1.807) is 0 Å². The molecule has 3 N–H and O–H groups in total. The van der Waals surface area contributed by atoms with E-state index in [1.807, 2.05) is 7.05 Å². The first-order valence-electron chi connectivity index (χ1n) is 4.07. The van der Waals surface area contributed by atoms with E-state index in [2.05, 4.69) is 18.7 Å². The van der Waals surface area contributed by atoms with Crippen molar-refractivity contribution < 1.29 is 0 Å². The zero-order valence-corrected chi connectivity index (χ0v) is 7.72. The topological polar surface area (TPSA) is 53.1 Å². The van der Waals surface area contributed by atoms with Crippen LogP contribution in [0.15, 0.2) is 0 Å². The minimum atomic E-state index is 0.246. The molecule has 0 fully saturated rings. The van der Waals surface area contributed by atoms with Gasteiger partial charge in [-0.15, -0.1) is 0 Å². The lowest BCUT2D eigenvalue weighted by molar-refractivity contribution is 0.314. The number of hydrogen-bond donors (Lipinski definition) is 2. The summed E-state index contributed by atoms with van der Waals surface area (Å²) in [6, 6.07) is 0. The van der Waals surface area contributed by atoms with Crippen LogP contribution in [0.4, 0.5) is 0 Å². The third-order valence-corrected chi connectivity index (χ3v) is 1.76. The molecule has 3 heteroatoms. The van der Waals surface area contributed by atoms with Crippen LogP contribution in [0.1, 0.15) is 20.3 Å². The summed E-state index contributed by atoms with van der Waals surface area (Å²) in [5.74, 6) is 0.940. The van der Waals surface area contributed by atoms with E-state index in [0.29, 0.717) is 12.5 Å². The molecule has 66 valence electrons. The Morgan fingerprint density at radius 1 is 1.64 bits per heavy atom. The molecule has 0 saturated carbocycles. The first-order valence-corrected chi connectivity index (χ1v) is 4.07. The fraction of sp³-hybridized carbons (Fsp3) is 0.875. The number of rotatable bonds is 5. The molecule has 1 unspecified atom stereocenters. The maximum Gasteiger partial charge on any atom is 0.105 e. The standard InChI is InChI=1S/C8H19N3/c1-4-7(2)5-11(3)6-8(9)10/h7H,4-6H2,1-3H3,(H3,9,10). The molecule has 0 saturated heterocycles. The highest BCUT2D eigenvalue weighted by Gasteiger charge is 2.04. The quantitative estimate of drug-likeness (QED) is 0.460. The number of nitrogens with zero attached hydrogens (tertiary/aromatic N) is 1. The Hall–Kier alpha value is -0.570.